The summed E-state index contributed by atoms with van der Waals surface area (Å²) in [5.74, 6) is 5.87. The topological polar surface area (TPSA) is 44.5 Å². The summed E-state index contributed by atoms with van der Waals surface area (Å²) in [5.41, 5.74) is 2.17. The van der Waals surface area contributed by atoms with Crippen molar-refractivity contribution in [1.29, 1.82) is 0 Å². The first kappa shape index (κ1) is 10.0. The lowest BCUT2D eigenvalue weighted by atomic mass is 10.1. The zero-order chi connectivity index (χ0) is 9.68. The van der Waals surface area contributed by atoms with Crippen LogP contribution in [0.1, 0.15) is 18.1 Å². The monoisotopic (exact) mass is 181 g/mol. The highest BCUT2D eigenvalue weighted by Crippen LogP contribution is 2.20. The van der Waals surface area contributed by atoms with Gasteiger partial charge in [0.2, 0.25) is 0 Å². The van der Waals surface area contributed by atoms with Crippen LogP contribution in [0.5, 0.6) is 5.75 Å². The highest BCUT2D eigenvalue weighted by molar-refractivity contribution is 5.36. The van der Waals surface area contributed by atoms with Gasteiger partial charge in [-0.15, -0.1) is 0 Å². The van der Waals surface area contributed by atoms with E-state index in [4.69, 9.17) is 10.6 Å². The van der Waals surface area contributed by atoms with Gasteiger partial charge in [0, 0.05) is 5.56 Å². The van der Waals surface area contributed by atoms with Gasteiger partial charge < -0.3 is 4.74 Å². The molecular formula is C10H15NO2. The van der Waals surface area contributed by atoms with Crippen molar-refractivity contribution in [3.8, 4) is 5.75 Å². The molecule has 13 heavy (non-hydrogen) atoms. The summed E-state index contributed by atoms with van der Waals surface area (Å²) >= 11 is 0. The largest absolute Gasteiger partial charge is 0.494 e. The first-order valence-electron chi connectivity index (χ1n) is 4.32. The molecule has 0 aliphatic carbocycles. The summed E-state index contributed by atoms with van der Waals surface area (Å²) in [6.45, 7) is 5.01. The van der Waals surface area contributed by atoms with Crippen LogP contribution < -0.4 is 10.6 Å². The second kappa shape index (κ2) is 4.84. The average molecular weight is 181 g/mol. The normalized spacial score (nSPS) is 10.1. The molecule has 1 rings (SSSR count). The fourth-order valence-electron chi connectivity index (χ4n) is 1.21. The van der Waals surface area contributed by atoms with Crippen molar-refractivity contribution < 1.29 is 9.57 Å². The van der Waals surface area contributed by atoms with E-state index < -0.39 is 0 Å². The Hall–Kier alpha value is -1.06. The van der Waals surface area contributed by atoms with Crippen molar-refractivity contribution in [2.24, 2.45) is 5.90 Å². The van der Waals surface area contributed by atoms with E-state index in [1.54, 1.807) is 0 Å². The maximum atomic E-state index is 5.41. The van der Waals surface area contributed by atoms with Gasteiger partial charge in [0.1, 0.15) is 5.75 Å². The number of aryl methyl sites for hydroxylation is 1. The number of hydrogen-bond acceptors (Lipinski definition) is 3. The van der Waals surface area contributed by atoms with Crippen LogP contribution in [0.2, 0.25) is 0 Å². The van der Waals surface area contributed by atoms with Crippen LogP contribution in [0.15, 0.2) is 18.2 Å². The molecule has 0 radical (unpaired) electrons. The molecule has 0 saturated heterocycles. The Balaban J connectivity index is 2.89. The molecule has 3 heteroatoms. The summed E-state index contributed by atoms with van der Waals surface area (Å²) in [6.07, 6.45) is 0. The molecule has 0 saturated carbocycles. The summed E-state index contributed by atoms with van der Waals surface area (Å²) in [4.78, 5) is 4.59. The van der Waals surface area contributed by atoms with Gasteiger partial charge >= 0.3 is 0 Å². The van der Waals surface area contributed by atoms with Crippen molar-refractivity contribution in [1.82, 2.24) is 0 Å². The quantitative estimate of drug-likeness (QED) is 0.720. The third kappa shape index (κ3) is 2.72. The maximum absolute atomic E-state index is 5.41. The Bertz CT molecular complexity index is 274. The van der Waals surface area contributed by atoms with Crippen molar-refractivity contribution in [3.05, 3.63) is 29.3 Å². The number of rotatable bonds is 4. The second-order valence-corrected chi connectivity index (χ2v) is 2.86. The molecule has 0 aliphatic heterocycles. The molecule has 0 fully saturated rings. The fourth-order valence-corrected chi connectivity index (χ4v) is 1.21. The van der Waals surface area contributed by atoms with Gasteiger partial charge in [-0.25, -0.2) is 5.90 Å². The fraction of sp³-hybridized carbons (Fsp3) is 0.400. The van der Waals surface area contributed by atoms with Gasteiger partial charge in [0.05, 0.1) is 13.2 Å². The van der Waals surface area contributed by atoms with Crippen LogP contribution >= 0.6 is 0 Å². The van der Waals surface area contributed by atoms with E-state index in [9.17, 15) is 0 Å². The molecule has 0 bridgehead atoms. The van der Waals surface area contributed by atoms with Crippen LogP contribution in [0.25, 0.3) is 0 Å². The molecular weight excluding hydrogens is 166 g/mol. The summed E-state index contributed by atoms with van der Waals surface area (Å²) < 4.78 is 5.41. The van der Waals surface area contributed by atoms with Crippen molar-refractivity contribution in [3.63, 3.8) is 0 Å². The molecule has 2 N–H and O–H groups in total. The first-order valence-corrected chi connectivity index (χ1v) is 4.32. The van der Waals surface area contributed by atoms with Gasteiger partial charge in [-0.2, -0.15) is 0 Å². The minimum absolute atomic E-state index is 0.386. The highest BCUT2D eigenvalue weighted by Gasteiger charge is 2.02. The SMILES string of the molecule is CCOc1ccc(C)cc1CON. The Labute approximate surface area is 78.4 Å². The van der Waals surface area contributed by atoms with Crippen LogP contribution in [-0.2, 0) is 11.4 Å². The van der Waals surface area contributed by atoms with Gasteiger partial charge in [-0.3, -0.25) is 4.84 Å². The third-order valence-corrected chi connectivity index (χ3v) is 1.75. The van der Waals surface area contributed by atoms with Gasteiger partial charge in [0.25, 0.3) is 0 Å². The highest BCUT2D eigenvalue weighted by atomic mass is 16.6. The van der Waals surface area contributed by atoms with E-state index >= 15 is 0 Å². The van der Waals surface area contributed by atoms with Crippen molar-refractivity contribution in [2.45, 2.75) is 20.5 Å². The number of benzene rings is 1. The lowest BCUT2D eigenvalue weighted by Gasteiger charge is -2.09. The predicted octanol–water partition coefficient (Wildman–Crippen LogP) is 1.78. The van der Waals surface area contributed by atoms with Crippen LogP contribution in [-0.4, -0.2) is 6.61 Å². The number of ether oxygens (including phenoxy) is 1. The van der Waals surface area contributed by atoms with E-state index in [1.165, 1.54) is 5.56 Å². The number of hydrogen-bond donors (Lipinski definition) is 1. The molecule has 0 atom stereocenters. The van der Waals surface area contributed by atoms with E-state index in [-0.39, 0.29) is 0 Å². The average Bonchev–Trinajstić information content (AvgIpc) is 2.10. The molecule has 72 valence electrons. The molecule has 0 amide bonds. The molecule has 0 aromatic heterocycles. The summed E-state index contributed by atoms with van der Waals surface area (Å²) in [6, 6.07) is 5.95. The lowest BCUT2D eigenvalue weighted by molar-refractivity contribution is 0.121. The van der Waals surface area contributed by atoms with Crippen molar-refractivity contribution in [2.75, 3.05) is 6.61 Å². The summed E-state index contributed by atoms with van der Waals surface area (Å²) in [7, 11) is 0. The minimum atomic E-state index is 0.386. The van der Waals surface area contributed by atoms with E-state index in [2.05, 4.69) is 4.84 Å². The smallest absolute Gasteiger partial charge is 0.124 e. The zero-order valence-electron chi connectivity index (χ0n) is 8.04. The second-order valence-electron chi connectivity index (χ2n) is 2.86. The zero-order valence-corrected chi connectivity index (χ0v) is 8.04. The Morgan fingerprint density at radius 3 is 2.77 bits per heavy atom. The number of nitrogens with two attached hydrogens (primary N) is 1. The standard InChI is InChI=1S/C10H15NO2/c1-3-12-10-5-4-8(2)6-9(10)7-13-11/h4-6H,3,7,11H2,1-2H3. The van der Waals surface area contributed by atoms with Crippen LogP contribution in [0.3, 0.4) is 0 Å². The van der Waals surface area contributed by atoms with E-state index in [0.717, 1.165) is 11.3 Å². The van der Waals surface area contributed by atoms with Crippen LogP contribution in [0, 0.1) is 6.92 Å². The van der Waals surface area contributed by atoms with Crippen LogP contribution in [0.4, 0.5) is 0 Å². The molecule has 3 nitrogen and oxygen atoms in total. The molecule has 0 spiro atoms. The van der Waals surface area contributed by atoms with Gasteiger partial charge in [0.15, 0.2) is 0 Å². The molecule has 0 unspecified atom stereocenters. The lowest BCUT2D eigenvalue weighted by Crippen LogP contribution is -2.02. The molecule has 1 aromatic rings. The third-order valence-electron chi connectivity index (χ3n) is 1.75. The molecule has 0 heterocycles. The molecule has 0 aliphatic rings. The Morgan fingerprint density at radius 1 is 1.38 bits per heavy atom. The molecule has 1 aromatic carbocycles. The predicted molar refractivity (Wildman–Crippen MR) is 51.3 cm³/mol. The minimum Gasteiger partial charge on any atom is -0.494 e. The first-order chi connectivity index (χ1) is 6.27. The summed E-state index contributed by atoms with van der Waals surface area (Å²) in [5, 5.41) is 0. The van der Waals surface area contributed by atoms with E-state index in [1.807, 2.05) is 32.0 Å². The van der Waals surface area contributed by atoms with E-state index in [0.29, 0.717) is 13.2 Å². The Kier molecular flexibility index (Phi) is 3.73. The Morgan fingerprint density at radius 2 is 2.15 bits per heavy atom. The van der Waals surface area contributed by atoms with Crippen molar-refractivity contribution >= 4 is 0 Å². The van der Waals surface area contributed by atoms with Gasteiger partial charge in [-0.1, -0.05) is 11.6 Å². The maximum Gasteiger partial charge on any atom is 0.124 e. The van der Waals surface area contributed by atoms with Gasteiger partial charge in [-0.05, 0) is 26.0 Å².